The van der Waals surface area contributed by atoms with Crippen molar-refractivity contribution >= 4 is 29.1 Å². The van der Waals surface area contributed by atoms with Crippen LogP contribution in [0.15, 0.2) is 48.5 Å². The summed E-state index contributed by atoms with van der Waals surface area (Å²) >= 11 is 5.12. The molecular formula is C22H27N3O4S. The summed E-state index contributed by atoms with van der Waals surface area (Å²) in [6.45, 7) is 5.08. The van der Waals surface area contributed by atoms with Gasteiger partial charge < -0.3 is 9.47 Å². The highest BCUT2D eigenvalue weighted by Crippen LogP contribution is 2.19. The Morgan fingerprint density at radius 3 is 1.97 bits per heavy atom. The van der Waals surface area contributed by atoms with Crippen molar-refractivity contribution in [2.75, 3.05) is 13.2 Å². The average Bonchev–Trinajstić information content (AvgIpc) is 2.76. The van der Waals surface area contributed by atoms with Crippen molar-refractivity contribution in [3.8, 4) is 11.5 Å². The Hall–Kier alpha value is -3.13. The highest BCUT2D eigenvalue weighted by molar-refractivity contribution is 7.80. The maximum Gasteiger partial charge on any atom is 0.273 e. The van der Waals surface area contributed by atoms with E-state index in [0.29, 0.717) is 35.8 Å². The van der Waals surface area contributed by atoms with E-state index < -0.39 is 11.8 Å². The molecule has 2 rings (SSSR count). The minimum Gasteiger partial charge on any atom is -0.493 e. The standard InChI is InChI=1S/C22H27N3O4S/c1-3-5-15-29-18-12-8-6-10-16(18)20(26)23-22(30)25-24-21(27)17-11-7-9-13-19(17)28-14-4-2/h6-13H,3-5,14-15H2,1-2H3,(H,24,27)(H2,23,25,26,30). The summed E-state index contributed by atoms with van der Waals surface area (Å²) in [4.78, 5) is 25.0. The van der Waals surface area contributed by atoms with Crippen LogP contribution < -0.4 is 25.6 Å². The Morgan fingerprint density at radius 1 is 0.800 bits per heavy atom. The van der Waals surface area contributed by atoms with E-state index in [-0.39, 0.29) is 5.11 Å². The molecule has 0 saturated carbocycles. The molecule has 30 heavy (non-hydrogen) atoms. The van der Waals surface area contributed by atoms with Crippen molar-refractivity contribution < 1.29 is 19.1 Å². The summed E-state index contributed by atoms with van der Waals surface area (Å²) in [6, 6.07) is 13.8. The molecule has 2 amide bonds. The molecule has 0 bridgehead atoms. The van der Waals surface area contributed by atoms with Gasteiger partial charge in [-0.05, 0) is 49.3 Å². The van der Waals surface area contributed by atoms with Gasteiger partial charge in [0.1, 0.15) is 11.5 Å². The smallest absolute Gasteiger partial charge is 0.273 e. The number of nitrogens with one attached hydrogen (secondary N) is 3. The fourth-order valence-electron chi connectivity index (χ4n) is 2.48. The van der Waals surface area contributed by atoms with Crippen LogP contribution in [0.25, 0.3) is 0 Å². The van der Waals surface area contributed by atoms with Gasteiger partial charge in [-0.1, -0.05) is 44.5 Å². The van der Waals surface area contributed by atoms with Crippen molar-refractivity contribution in [3.05, 3.63) is 59.7 Å². The third kappa shape index (κ3) is 7.04. The molecule has 3 N–H and O–H groups in total. The number of thiocarbonyl (C=S) groups is 1. The summed E-state index contributed by atoms with van der Waals surface area (Å²) in [5, 5.41) is 2.50. The molecule has 0 aliphatic rings. The number of amides is 2. The Balaban J connectivity index is 1.92. The first kappa shape index (κ1) is 23.2. The van der Waals surface area contributed by atoms with Gasteiger partial charge in [0.05, 0.1) is 24.3 Å². The van der Waals surface area contributed by atoms with Crippen molar-refractivity contribution in [1.29, 1.82) is 0 Å². The normalized spacial score (nSPS) is 10.1. The molecular weight excluding hydrogens is 402 g/mol. The zero-order valence-corrected chi connectivity index (χ0v) is 18.0. The maximum atomic E-state index is 12.5. The lowest BCUT2D eigenvalue weighted by atomic mass is 10.2. The lowest BCUT2D eigenvalue weighted by Gasteiger charge is -2.14. The van der Waals surface area contributed by atoms with Crippen molar-refractivity contribution in [1.82, 2.24) is 16.2 Å². The highest BCUT2D eigenvalue weighted by Gasteiger charge is 2.15. The molecule has 160 valence electrons. The van der Waals surface area contributed by atoms with Crippen LogP contribution in [-0.2, 0) is 0 Å². The van der Waals surface area contributed by atoms with Crippen LogP contribution in [0.5, 0.6) is 11.5 Å². The summed E-state index contributed by atoms with van der Waals surface area (Å²) in [5.74, 6) is 0.103. The molecule has 0 aromatic heterocycles. The van der Waals surface area contributed by atoms with E-state index in [4.69, 9.17) is 21.7 Å². The molecule has 0 atom stereocenters. The fourth-order valence-corrected chi connectivity index (χ4v) is 2.62. The SMILES string of the molecule is CCCCOc1ccccc1C(=O)NC(=S)NNC(=O)c1ccccc1OCCC. The zero-order valence-electron chi connectivity index (χ0n) is 17.2. The lowest BCUT2D eigenvalue weighted by molar-refractivity contribution is 0.0930. The highest BCUT2D eigenvalue weighted by atomic mass is 32.1. The minimum absolute atomic E-state index is 0.0383. The largest absolute Gasteiger partial charge is 0.493 e. The number of unbranched alkanes of at least 4 members (excludes halogenated alkanes) is 1. The Labute approximate surface area is 182 Å². The first-order chi connectivity index (χ1) is 14.6. The molecule has 2 aromatic rings. The number of hydrogen-bond donors (Lipinski definition) is 3. The summed E-state index contributed by atoms with van der Waals surface area (Å²) in [5.41, 5.74) is 5.74. The summed E-state index contributed by atoms with van der Waals surface area (Å²) in [7, 11) is 0. The van der Waals surface area contributed by atoms with E-state index in [2.05, 4.69) is 23.1 Å². The van der Waals surface area contributed by atoms with E-state index in [1.165, 1.54) is 0 Å². The van der Waals surface area contributed by atoms with Gasteiger partial charge in [0, 0.05) is 0 Å². The number of carbonyl (C=O) groups excluding carboxylic acids is 2. The molecule has 0 spiro atoms. The molecule has 2 aromatic carbocycles. The van der Waals surface area contributed by atoms with Crippen LogP contribution in [0.4, 0.5) is 0 Å². The Morgan fingerprint density at radius 2 is 1.37 bits per heavy atom. The molecule has 0 fully saturated rings. The number of rotatable bonds is 9. The zero-order chi connectivity index (χ0) is 21.8. The molecule has 0 aliphatic carbocycles. The van der Waals surface area contributed by atoms with E-state index in [1.54, 1.807) is 48.5 Å². The van der Waals surface area contributed by atoms with Crippen LogP contribution in [0, 0.1) is 0 Å². The van der Waals surface area contributed by atoms with Crippen LogP contribution >= 0.6 is 12.2 Å². The molecule has 0 saturated heterocycles. The van der Waals surface area contributed by atoms with Crippen molar-refractivity contribution in [2.45, 2.75) is 33.1 Å². The average molecular weight is 430 g/mol. The number of para-hydroxylation sites is 2. The Kier molecular flexibility index (Phi) is 9.60. The first-order valence-electron chi connectivity index (χ1n) is 9.92. The van der Waals surface area contributed by atoms with E-state index in [0.717, 1.165) is 19.3 Å². The van der Waals surface area contributed by atoms with Crippen LogP contribution in [0.3, 0.4) is 0 Å². The molecule has 7 nitrogen and oxygen atoms in total. The predicted octanol–water partition coefficient (Wildman–Crippen LogP) is 3.60. The number of benzene rings is 2. The predicted molar refractivity (Wildman–Crippen MR) is 120 cm³/mol. The fraction of sp³-hybridized carbons (Fsp3) is 0.318. The molecule has 0 aliphatic heterocycles. The molecule has 0 heterocycles. The van der Waals surface area contributed by atoms with Crippen LogP contribution in [0.1, 0.15) is 53.8 Å². The van der Waals surface area contributed by atoms with Gasteiger partial charge >= 0.3 is 0 Å². The Bertz CT molecular complexity index is 873. The third-order valence-corrected chi connectivity index (χ3v) is 4.20. The molecule has 0 radical (unpaired) electrons. The van der Waals surface area contributed by atoms with Crippen molar-refractivity contribution in [3.63, 3.8) is 0 Å². The third-order valence-electron chi connectivity index (χ3n) is 4.00. The number of hydrazine groups is 1. The number of ether oxygens (including phenoxy) is 2. The van der Waals surface area contributed by atoms with Gasteiger partial charge in [-0.15, -0.1) is 0 Å². The topological polar surface area (TPSA) is 88.7 Å². The maximum absolute atomic E-state index is 12.5. The van der Waals surface area contributed by atoms with Gasteiger partial charge in [0.2, 0.25) is 0 Å². The minimum atomic E-state index is -0.430. The van der Waals surface area contributed by atoms with E-state index in [9.17, 15) is 9.59 Å². The molecule has 0 unspecified atom stereocenters. The van der Waals surface area contributed by atoms with Crippen molar-refractivity contribution in [2.24, 2.45) is 0 Å². The lowest BCUT2D eigenvalue weighted by Crippen LogP contribution is -2.48. The van der Waals surface area contributed by atoms with Crippen LogP contribution in [-0.4, -0.2) is 30.1 Å². The summed E-state index contributed by atoms with van der Waals surface area (Å²) < 4.78 is 11.3. The van der Waals surface area contributed by atoms with E-state index in [1.807, 2.05) is 6.92 Å². The number of carbonyl (C=O) groups is 2. The summed E-state index contributed by atoms with van der Waals surface area (Å²) in [6.07, 6.45) is 2.72. The first-order valence-corrected chi connectivity index (χ1v) is 10.3. The second-order valence-corrected chi connectivity index (χ2v) is 6.81. The monoisotopic (exact) mass is 429 g/mol. The van der Waals surface area contributed by atoms with Gasteiger partial charge in [0.15, 0.2) is 5.11 Å². The van der Waals surface area contributed by atoms with Gasteiger partial charge in [-0.25, -0.2) is 0 Å². The van der Waals surface area contributed by atoms with Gasteiger partial charge in [-0.2, -0.15) is 0 Å². The second kappa shape index (κ2) is 12.4. The quantitative estimate of drug-likeness (QED) is 0.321. The second-order valence-electron chi connectivity index (χ2n) is 6.41. The van der Waals surface area contributed by atoms with Crippen LogP contribution in [0.2, 0.25) is 0 Å². The van der Waals surface area contributed by atoms with E-state index >= 15 is 0 Å². The number of hydrogen-bond acceptors (Lipinski definition) is 5. The van der Waals surface area contributed by atoms with Gasteiger partial charge in [-0.3, -0.25) is 25.8 Å². The van der Waals surface area contributed by atoms with Gasteiger partial charge in [0.25, 0.3) is 11.8 Å². The molecule has 8 heteroatoms.